The average Bonchev–Trinajstić information content (AvgIpc) is 2.99. The zero-order valence-electron chi connectivity index (χ0n) is 9.66. The molecule has 2 fully saturated rings. The first kappa shape index (κ1) is 11.8. The van der Waals surface area contributed by atoms with Gasteiger partial charge in [0.1, 0.15) is 5.78 Å². The van der Waals surface area contributed by atoms with Gasteiger partial charge in [0.25, 0.3) is 0 Å². The number of carbonyl (C=O) groups excluding carboxylic acids is 1. The van der Waals surface area contributed by atoms with Crippen LogP contribution in [0, 0.1) is 23.7 Å². The Labute approximate surface area is 105 Å². The number of hydrogen-bond acceptors (Lipinski definition) is 4. The van der Waals surface area contributed by atoms with Crippen LogP contribution >= 0.6 is 11.8 Å². The second kappa shape index (κ2) is 4.41. The molecule has 0 aliphatic heterocycles. The summed E-state index contributed by atoms with van der Waals surface area (Å²) in [7, 11) is 0. The molecule has 2 saturated carbocycles. The van der Waals surface area contributed by atoms with E-state index in [2.05, 4.69) is 12.2 Å². The van der Waals surface area contributed by atoms with E-state index in [9.17, 15) is 9.90 Å². The lowest BCUT2D eigenvalue weighted by atomic mass is 9.85. The van der Waals surface area contributed by atoms with Crippen molar-refractivity contribution in [2.24, 2.45) is 23.7 Å². The number of aliphatic hydroxyl groups excluding tert-OH is 2. The second-order valence-corrected chi connectivity index (χ2v) is 6.70. The van der Waals surface area contributed by atoms with E-state index in [1.165, 1.54) is 0 Å². The summed E-state index contributed by atoms with van der Waals surface area (Å²) in [5.74, 6) is 2.79. The van der Waals surface area contributed by atoms with Gasteiger partial charge in [0.05, 0.1) is 12.7 Å². The molecule has 3 aliphatic rings. The molecule has 94 valence electrons. The van der Waals surface area contributed by atoms with Gasteiger partial charge in [0, 0.05) is 23.3 Å². The third-order valence-electron chi connectivity index (χ3n) is 4.44. The molecule has 3 unspecified atom stereocenters. The molecule has 0 radical (unpaired) electrons. The van der Waals surface area contributed by atoms with Gasteiger partial charge in [-0.3, -0.25) is 4.79 Å². The number of carbonyl (C=O) groups is 1. The van der Waals surface area contributed by atoms with Crippen LogP contribution in [-0.4, -0.2) is 39.7 Å². The maximum absolute atomic E-state index is 12.0. The summed E-state index contributed by atoms with van der Waals surface area (Å²) in [6.45, 7) is -0.187. The largest absolute Gasteiger partial charge is 0.394 e. The quantitative estimate of drug-likeness (QED) is 0.730. The molecule has 0 saturated heterocycles. The van der Waals surface area contributed by atoms with Gasteiger partial charge >= 0.3 is 0 Å². The smallest absolute Gasteiger partial charge is 0.138 e. The minimum atomic E-state index is -0.650. The maximum atomic E-state index is 12.0. The van der Waals surface area contributed by atoms with Crippen molar-refractivity contribution in [3.8, 4) is 0 Å². The maximum Gasteiger partial charge on any atom is 0.138 e. The van der Waals surface area contributed by atoms with E-state index in [0.29, 0.717) is 41.0 Å². The predicted octanol–water partition coefficient (Wildman–Crippen LogP) is 0.853. The molecule has 2 bridgehead atoms. The van der Waals surface area contributed by atoms with Gasteiger partial charge in [0.15, 0.2) is 0 Å². The summed E-state index contributed by atoms with van der Waals surface area (Å²) in [5, 5.41) is 18.6. The van der Waals surface area contributed by atoms with Crippen LogP contribution in [0.1, 0.15) is 12.8 Å². The monoisotopic (exact) mass is 254 g/mol. The van der Waals surface area contributed by atoms with E-state index in [1.807, 2.05) is 0 Å². The molecular formula is C13H18O3S. The molecule has 2 N–H and O–H groups in total. The van der Waals surface area contributed by atoms with Crippen LogP contribution in [0.5, 0.6) is 0 Å². The summed E-state index contributed by atoms with van der Waals surface area (Å²) < 4.78 is 0. The second-order valence-electron chi connectivity index (χ2n) is 5.43. The standard InChI is InChI=1S/C13H18O3S/c14-5-9(15)6-17-11-4-10(16)12-7-1-2-8(3-7)13(11)12/h1-2,7-9,11-15H,3-6H2/t7?,8?,9?,11-,12-,13+/m1/s1. The zero-order chi connectivity index (χ0) is 12.0. The Morgan fingerprint density at radius 3 is 2.94 bits per heavy atom. The van der Waals surface area contributed by atoms with E-state index >= 15 is 0 Å². The highest BCUT2D eigenvalue weighted by atomic mass is 32.2. The fourth-order valence-corrected chi connectivity index (χ4v) is 5.20. The van der Waals surface area contributed by atoms with E-state index in [0.717, 1.165) is 6.42 Å². The Hall–Kier alpha value is -0.320. The number of rotatable bonds is 4. The predicted molar refractivity (Wildman–Crippen MR) is 66.7 cm³/mol. The van der Waals surface area contributed by atoms with Crippen molar-refractivity contribution in [2.75, 3.05) is 12.4 Å². The van der Waals surface area contributed by atoms with Crippen molar-refractivity contribution in [3.05, 3.63) is 12.2 Å². The summed E-state index contributed by atoms with van der Waals surface area (Å²) in [5.41, 5.74) is 0. The van der Waals surface area contributed by atoms with Gasteiger partial charge in [-0.15, -0.1) is 0 Å². The van der Waals surface area contributed by atoms with Crippen molar-refractivity contribution in [2.45, 2.75) is 24.2 Å². The number of allylic oxidation sites excluding steroid dienone is 2. The van der Waals surface area contributed by atoms with Crippen molar-refractivity contribution in [3.63, 3.8) is 0 Å². The Morgan fingerprint density at radius 1 is 1.41 bits per heavy atom. The average molecular weight is 254 g/mol. The summed E-state index contributed by atoms with van der Waals surface area (Å²) in [6.07, 6.45) is 5.66. The van der Waals surface area contributed by atoms with E-state index in [-0.39, 0.29) is 12.5 Å². The summed E-state index contributed by atoms with van der Waals surface area (Å²) in [6, 6.07) is 0. The lowest BCUT2D eigenvalue weighted by Gasteiger charge is -2.24. The lowest BCUT2D eigenvalue weighted by molar-refractivity contribution is -0.121. The van der Waals surface area contributed by atoms with Crippen LogP contribution in [0.4, 0.5) is 0 Å². The highest BCUT2D eigenvalue weighted by Gasteiger charge is 2.55. The molecule has 3 aliphatic carbocycles. The SMILES string of the molecule is O=C1C[C@@H](SCC(O)CO)[C@@H]2C3C=CC(C3)[C@H]12. The van der Waals surface area contributed by atoms with Crippen LogP contribution in [0.15, 0.2) is 12.2 Å². The van der Waals surface area contributed by atoms with Crippen molar-refractivity contribution in [1.29, 1.82) is 0 Å². The third kappa shape index (κ3) is 1.86. The van der Waals surface area contributed by atoms with Crippen LogP contribution in [0.3, 0.4) is 0 Å². The van der Waals surface area contributed by atoms with Gasteiger partial charge in [-0.25, -0.2) is 0 Å². The first-order chi connectivity index (χ1) is 8.20. The van der Waals surface area contributed by atoms with Gasteiger partial charge < -0.3 is 10.2 Å². The number of Topliss-reactive ketones (excluding diaryl/α,β-unsaturated/α-hetero) is 1. The number of fused-ring (bicyclic) bond motifs is 5. The highest BCUT2D eigenvalue weighted by Crippen LogP contribution is 2.56. The molecule has 0 heterocycles. The molecular weight excluding hydrogens is 236 g/mol. The summed E-state index contributed by atoms with van der Waals surface area (Å²) >= 11 is 1.67. The Bertz CT molecular complexity index is 355. The minimum absolute atomic E-state index is 0.187. The molecule has 4 heteroatoms. The molecule has 0 amide bonds. The zero-order valence-corrected chi connectivity index (χ0v) is 10.5. The van der Waals surface area contributed by atoms with Gasteiger partial charge in [-0.2, -0.15) is 11.8 Å². The first-order valence-corrected chi connectivity index (χ1v) is 7.37. The number of aliphatic hydroxyl groups is 2. The lowest BCUT2D eigenvalue weighted by Crippen LogP contribution is -2.24. The molecule has 0 aromatic rings. The van der Waals surface area contributed by atoms with E-state index in [1.54, 1.807) is 11.8 Å². The Balaban J connectivity index is 1.67. The number of thioether (sulfide) groups is 1. The van der Waals surface area contributed by atoms with Crippen molar-refractivity contribution < 1.29 is 15.0 Å². The third-order valence-corrected chi connectivity index (χ3v) is 5.92. The van der Waals surface area contributed by atoms with Crippen molar-refractivity contribution >= 4 is 17.5 Å². The molecule has 0 aromatic carbocycles. The fraction of sp³-hybridized carbons (Fsp3) is 0.769. The van der Waals surface area contributed by atoms with Crippen LogP contribution in [0.2, 0.25) is 0 Å². The number of ketones is 1. The van der Waals surface area contributed by atoms with Gasteiger partial charge in [0.2, 0.25) is 0 Å². The number of hydrogen-bond donors (Lipinski definition) is 2. The molecule has 3 nitrogen and oxygen atoms in total. The topological polar surface area (TPSA) is 57.5 Å². The normalized spacial score (nSPS) is 44.4. The minimum Gasteiger partial charge on any atom is -0.394 e. The molecule has 6 atom stereocenters. The van der Waals surface area contributed by atoms with Crippen LogP contribution in [-0.2, 0) is 4.79 Å². The van der Waals surface area contributed by atoms with E-state index < -0.39 is 6.10 Å². The summed E-state index contributed by atoms with van der Waals surface area (Å²) in [4.78, 5) is 12.0. The van der Waals surface area contributed by atoms with Gasteiger partial charge in [-0.05, 0) is 24.2 Å². The van der Waals surface area contributed by atoms with E-state index in [4.69, 9.17) is 5.11 Å². The first-order valence-electron chi connectivity index (χ1n) is 6.32. The highest BCUT2D eigenvalue weighted by molar-refractivity contribution is 8.00. The Kier molecular flexibility index (Phi) is 3.05. The Morgan fingerprint density at radius 2 is 2.18 bits per heavy atom. The van der Waals surface area contributed by atoms with Crippen LogP contribution in [0.25, 0.3) is 0 Å². The molecule has 3 rings (SSSR count). The fourth-order valence-electron chi connectivity index (χ4n) is 3.75. The van der Waals surface area contributed by atoms with Crippen LogP contribution < -0.4 is 0 Å². The molecule has 0 aromatic heterocycles. The van der Waals surface area contributed by atoms with Gasteiger partial charge in [-0.1, -0.05) is 12.2 Å². The molecule has 17 heavy (non-hydrogen) atoms. The molecule has 0 spiro atoms. The van der Waals surface area contributed by atoms with Crippen molar-refractivity contribution in [1.82, 2.24) is 0 Å².